The predicted molar refractivity (Wildman–Crippen MR) is 175 cm³/mol. The van der Waals surface area contributed by atoms with Crippen LogP contribution >= 0.6 is 0 Å². The highest BCUT2D eigenvalue weighted by molar-refractivity contribution is 6.54. The second kappa shape index (κ2) is 13.2. The Labute approximate surface area is 282 Å². The van der Waals surface area contributed by atoms with Crippen molar-refractivity contribution in [3.8, 4) is 0 Å². The SMILES string of the molecule is O=C1C(=O)c2cccc(c2)C(=O)C(=O)c2cccc(c2)C(=O)C(=O)c2cccc(c2)C(=O)C(=O)c2cccc(c2)C(=O)C(=O)C2=C=C1C=CC2. The highest BCUT2D eigenvalue weighted by Crippen LogP contribution is 2.20. The summed E-state index contributed by atoms with van der Waals surface area (Å²) in [4.78, 5) is 132. The van der Waals surface area contributed by atoms with E-state index in [0.29, 0.717) is 0 Å². The smallest absolute Gasteiger partial charge is 0.241 e. The van der Waals surface area contributed by atoms with E-state index in [1.165, 1.54) is 84.9 Å². The molecule has 0 aromatic heterocycles. The number of rotatable bonds is 0. The zero-order valence-corrected chi connectivity index (χ0v) is 25.7. The number of carbonyl (C=O) groups excluding carboxylic acids is 10. The third kappa shape index (κ3) is 6.13. The first kappa shape index (κ1) is 32.8. The van der Waals surface area contributed by atoms with Crippen molar-refractivity contribution < 1.29 is 47.9 Å². The number of benzene rings is 4. The van der Waals surface area contributed by atoms with Crippen LogP contribution in [0, 0.1) is 0 Å². The van der Waals surface area contributed by atoms with Gasteiger partial charge >= 0.3 is 0 Å². The Hall–Kier alpha value is -7.16. The minimum absolute atomic E-state index is 0.0997. The largest absolute Gasteiger partial charge is 0.285 e. The summed E-state index contributed by atoms with van der Waals surface area (Å²) in [7, 11) is 0. The minimum Gasteiger partial charge on any atom is -0.285 e. The topological polar surface area (TPSA) is 171 Å². The number of fused-ring (bicyclic) bond motifs is 8. The van der Waals surface area contributed by atoms with Crippen LogP contribution in [0.4, 0.5) is 0 Å². The Kier molecular flexibility index (Phi) is 8.62. The normalized spacial score (nSPS) is 15.8. The number of allylic oxidation sites excluding steroid dienone is 3. The Morgan fingerprint density at radius 2 is 0.600 bits per heavy atom. The first-order valence-corrected chi connectivity index (χ1v) is 15.0. The Morgan fingerprint density at radius 1 is 0.340 bits per heavy atom. The van der Waals surface area contributed by atoms with E-state index in [-0.39, 0.29) is 62.1 Å². The number of Topliss-reactive ketones (excluding diaryl/α,β-unsaturated/α-hetero) is 10. The summed E-state index contributed by atoms with van der Waals surface area (Å²) < 4.78 is 0. The molecule has 0 radical (unpaired) electrons. The van der Waals surface area contributed by atoms with E-state index >= 15 is 0 Å². The van der Waals surface area contributed by atoms with E-state index in [4.69, 9.17) is 0 Å². The molecule has 0 amide bonds. The molecule has 0 spiro atoms. The monoisotopic (exact) mass is 660 g/mol. The van der Waals surface area contributed by atoms with Crippen molar-refractivity contribution in [1.29, 1.82) is 0 Å². The van der Waals surface area contributed by atoms with Crippen molar-refractivity contribution in [2.24, 2.45) is 0 Å². The van der Waals surface area contributed by atoms with Gasteiger partial charge in [-0.1, -0.05) is 78.9 Å². The summed E-state index contributed by atoms with van der Waals surface area (Å²) >= 11 is 0. The second-order valence-corrected chi connectivity index (χ2v) is 11.2. The van der Waals surface area contributed by atoms with E-state index in [0.717, 1.165) is 24.3 Å². The van der Waals surface area contributed by atoms with Gasteiger partial charge in [0.25, 0.3) is 0 Å². The molecule has 0 saturated carbocycles. The van der Waals surface area contributed by atoms with Crippen LogP contribution in [0.5, 0.6) is 0 Å². The molecule has 2 aliphatic rings. The van der Waals surface area contributed by atoms with Gasteiger partial charge in [-0.05, 0) is 30.3 Å². The zero-order valence-electron chi connectivity index (χ0n) is 25.7. The van der Waals surface area contributed by atoms with Gasteiger partial charge in [-0.25, -0.2) is 0 Å². The van der Waals surface area contributed by atoms with Crippen molar-refractivity contribution >= 4 is 57.8 Å². The van der Waals surface area contributed by atoms with Crippen molar-refractivity contribution in [2.75, 3.05) is 0 Å². The lowest BCUT2D eigenvalue weighted by Gasteiger charge is -2.08. The Morgan fingerprint density at radius 3 is 0.900 bits per heavy atom. The van der Waals surface area contributed by atoms with E-state index in [9.17, 15) is 47.9 Å². The van der Waals surface area contributed by atoms with Crippen LogP contribution in [-0.4, -0.2) is 57.8 Å². The molecular formula is C40H20O10. The molecule has 10 heteroatoms. The summed E-state index contributed by atoms with van der Waals surface area (Å²) in [5, 5.41) is 0. The molecule has 4 aromatic rings. The molecule has 50 heavy (non-hydrogen) atoms. The fourth-order valence-electron chi connectivity index (χ4n) is 5.35. The summed E-state index contributed by atoms with van der Waals surface area (Å²) in [5.41, 5.74) is 0.0675. The van der Waals surface area contributed by atoms with Gasteiger partial charge in [0.1, 0.15) is 0 Å². The van der Waals surface area contributed by atoms with Gasteiger partial charge in [-0.2, -0.15) is 0 Å². The third-order valence-corrected chi connectivity index (χ3v) is 7.99. The van der Waals surface area contributed by atoms with Crippen LogP contribution in [0.25, 0.3) is 0 Å². The fraction of sp³-hybridized carbons (Fsp3) is 0.0250. The number of hydrogen-bond donors (Lipinski definition) is 0. The average molecular weight is 661 g/mol. The predicted octanol–water partition coefficient (Wildman–Crippen LogP) is 4.81. The molecule has 6 rings (SSSR count). The number of hydrogen-bond acceptors (Lipinski definition) is 10. The minimum atomic E-state index is -1.11. The van der Waals surface area contributed by atoms with Gasteiger partial charge in [0.05, 0.1) is 11.1 Å². The first-order valence-electron chi connectivity index (χ1n) is 15.0. The molecule has 0 unspecified atom stereocenters. The number of carbonyl (C=O) groups is 10. The molecule has 0 heterocycles. The fourth-order valence-corrected chi connectivity index (χ4v) is 5.35. The van der Waals surface area contributed by atoms with Crippen molar-refractivity contribution in [1.82, 2.24) is 0 Å². The van der Waals surface area contributed by atoms with Gasteiger partial charge in [0.15, 0.2) is 0 Å². The molecule has 0 atom stereocenters. The molecule has 4 aromatic carbocycles. The van der Waals surface area contributed by atoms with Gasteiger partial charge in [-0.3, -0.25) is 47.9 Å². The average Bonchev–Trinajstić information content (AvgIpc) is 3.17. The first-order chi connectivity index (χ1) is 23.9. The van der Waals surface area contributed by atoms with E-state index in [1.54, 1.807) is 0 Å². The van der Waals surface area contributed by atoms with Crippen molar-refractivity contribution in [2.45, 2.75) is 6.42 Å². The summed E-state index contributed by atoms with van der Waals surface area (Å²) in [6.07, 6.45) is 2.54. The zero-order chi connectivity index (χ0) is 35.7. The molecule has 10 bridgehead atoms. The van der Waals surface area contributed by atoms with Crippen LogP contribution in [-0.2, 0) is 9.59 Å². The summed E-state index contributed by atoms with van der Waals surface area (Å²) in [5.74, 6) is -10.8. The van der Waals surface area contributed by atoms with Gasteiger partial charge < -0.3 is 0 Å². The molecular weight excluding hydrogens is 640 g/mol. The molecule has 0 fully saturated rings. The van der Waals surface area contributed by atoms with Gasteiger partial charge in [0, 0.05) is 50.9 Å². The lowest BCUT2D eigenvalue weighted by molar-refractivity contribution is -0.112. The number of ketones is 10. The highest BCUT2D eigenvalue weighted by atomic mass is 16.2. The van der Waals surface area contributed by atoms with Crippen molar-refractivity contribution in [3.63, 3.8) is 0 Å². The van der Waals surface area contributed by atoms with Crippen LogP contribution in [0.2, 0.25) is 0 Å². The third-order valence-electron chi connectivity index (χ3n) is 7.99. The lowest BCUT2D eigenvalue weighted by Crippen LogP contribution is -2.20. The molecule has 2 aliphatic carbocycles. The quantitative estimate of drug-likeness (QED) is 0.188. The maximum atomic E-state index is 13.2. The van der Waals surface area contributed by atoms with Gasteiger partial charge in [0.2, 0.25) is 57.8 Å². The van der Waals surface area contributed by atoms with Gasteiger partial charge in [-0.15, -0.1) is 5.73 Å². The van der Waals surface area contributed by atoms with Crippen LogP contribution in [0.15, 0.2) is 126 Å². The van der Waals surface area contributed by atoms with E-state index in [2.05, 4.69) is 5.73 Å². The standard InChI is InChI=1S/C40H20O10/c41-31-21-6-1-7-22(16-21)32(42)34(44)24-9-3-11-26(18-24)36(46)38(48)28-13-5-15-30(20-28)40(50)39(49)29-14-4-12-27(19-29)37(47)35(45)25-10-2-8-23(17-25)33(31)43/h1-14,16-19H,15H2. The molecule has 0 N–H and O–H groups in total. The molecule has 0 saturated heterocycles. The second-order valence-electron chi connectivity index (χ2n) is 11.2. The Balaban J connectivity index is 1.47. The molecule has 0 aliphatic heterocycles. The van der Waals surface area contributed by atoms with Crippen LogP contribution < -0.4 is 0 Å². The van der Waals surface area contributed by atoms with E-state index in [1.807, 2.05) is 0 Å². The van der Waals surface area contributed by atoms with E-state index < -0.39 is 57.8 Å². The lowest BCUT2D eigenvalue weighted by atomic mass is 9.92. The van der Waals surface area contributed by atoms with Crippen LogP contribution in [0.1, 0.15) is 89.3 Å². The molecule has 240 valence electrons. The summed E-state index contributed by atoms with van der Waals surface area (Å²) in [6, 6.07) is 19.4. The Bertz CT molecular complexity index is 2410. The van der Waals surface area contributed by atoms with Crippen LogP contribution in [0.3, 0.4) is 0 Å². The van der Waals surface area contributed by atoms with Crippen molar-refractivity contribution in [3.05, 3.63) is 171 Å². The summed E-state index contributed by atoms with van der Waals surface area (Å²) in [6.45, 7) is 0. The molecule has 10 nitrogen and oxygen atoms in total. The maximum absolute atomic E-state index is 13.2. The maximum Gasteiger partial charge on any atom is 0.241 e. The highest BCUT2D eigenvalue weighted by Gasteiger charge is 2.29.